The van der Waals surface area contributed by atoms with Gasteiger partial charge in [0.15, 0.2) is 0 Å². The number of fused-ring (bicyclic) bond motifs is 1. The summed E-state index contributed by atoms with van der Waals surface area (Å²) in [6, 6.07) is 20.1. The van der Waals surface area contributed by atoms with Crippen LogP contribution in [0.5, 0.6) is 0 Å². The van der Waals surface area contributed by atoms with Gasteiger partial charge in [-0.05, 0) is 65.9 Å². The molecule has 1 saturated heterocycles. The second-order valence-corrected chi connectivity index (χ2v) is 11.7. The minimum absolute atomic E-state index is 0.0398. The summed E-state index contributed by atoms with van der Waals surface area (Å²) < 4.78 is 29.3. The van der Waals surface area contributed by atoms with E-state index in [0.29, 0.717) is 53.6 Å². The minimum atomic E-state index is -3.85. The number of aromatic amines is 1. The number of nitriles is 1. The Morgan fingerprint density at radius 1 is 1.03 bits per heavy atom. The summed E-state index contributed by atoms with van der Waals surface area (Å²) in [6.45, 7) is 1.23. The molecule has 9 heteroatoms. The fourth-order valence-corrected chi connectivity index (χ4v) is 7.10. The van der Waals surface area contributed by atoms with Gasteiger partial charge in [0.1, 0.15) is 0 Å². The first kappa shape index (κ1) is 24.8. The molecule has 36 heavy (non-hydrogen) atoms. The highest BCUT2D eigenvalue weighted by molar-refractivity contribution is 7.89. The van der Waals surface area contributed by atoms with Crippen LogP contribution < -0.4 is 5.32 Å². The standard InChI is InChI=1S/C27H24Cl2N4O2S/c28-22-10-19(11-23(29)14-22)9-20-6-5-18(15-30)12-27(20)36(34,35)33-8-7-31-24(17-33)13-21-16-32-26-4-2-1-3-25(21)26/h1-6,10-12,14,16,24,31-32H,7-9,13,17H2/t24-/m0/s1. The summed E-state index contributed by atoms with van der Waals surface area (Å²) in [5.74, 6) is 0. The molecule has 0 bridgehead atoms. The van der Waals surface area contributed by atoms with Crippen LogP contribution >= 0.6 is 23.2 Å². The Hall–Kier alpha value is -2.86. The summed E-state index contributed by atoms with van der Waals surface area (Å²) in [5.41, 5.74) is 3.90. The zero-order valence-corrected chi connectivity index (χ0v) is 21.7. The van der Waals surface area contributed by atoms with E-state index in [1.807, 2.05) is 24.4 Å². The quantitative estimate of drug-likeness (QED) is 0.355. The molecule has 1 fully saturated rings. The third-order valence-corrected chi connectivity index (χ3v) is 8.87. The molecule has 1 atom stereocenters. The lowest BCUT2D eigenvalue weighted by Crippen LogP contribution is -2.53. The van der Waals surface area contributed by atoms with Crippen molar-refractivity contribution in [2.45, 2.75) is 23.8 Å². The van der Waals surface area contributed by atoms with Gasteiger partial charge in [-0.2, -0.15) is 9.57 Å². The summed E-state index contributed by atoms with van der Waals surface area (Å²) in [6.07, 6.45) is 3.01. The number of benzene rings is 3. The molecule has 0 amide bonds. The molecule has 0 unspecified atom stereocenters. The molecule has 0 aliphatic carbocycles. The lowest BCUT2D eigenvalue weighted by atomic mass is 10.0. The van der Waals surface area contributed by atoms with Crippen molar-refractivity contribution in [2.75, 3.05) is 19.6 Å². The zero-order chi connectivity index (χ0) is 25.3. The van der Waals surface area contributed by atoms with E-state index in [2.05, 4.69) is 22.4 Å². The van der Waals surface area contributed by atoms with Gasteiger partial charge < -0.3 is 10.3 Å². The molecule has 0 spiro atoms. The number of halogens is 2. The van der Waals surface area contributed by atoms with Gasteiger partial charge in [-0.1, -0.05) is 47.5 Å². The number of para-hydroxylation sites is 1. The van der Waals surface area contributed by atoms with Crippen LogP contribution in [0, 0.1) is 11.3 Å². The highest BCUT2D eigenvalue weighted by atomic mass is 35.5. The topological polar surface area (TPSA) is 89.0 Å². The first-order chi connectivity index (χ1) is 17.3. The lowest BCUT2D eigenvalue weighted by Gasteiger charge is -2.33. The van der Waals surface area contributed by atoms with Crippen molar-refractivity contribution in [3.63, 3.8) is 0 Å². The molecule has 5 rings (SSSR count). The van der Waals surface area contributed by atoms with Gasteiger partial charge in [0, 0.05) is 52.8 Å². The van der Waals surface area contributed by atoms with Gasteiger partial charge in [-0.15, -0.1) is 0 Å². The molecule has 2 N–H and O–H groups in total. The van der Waals surface area contributed by atoms with E-state index in [0.717, 1.165) is 22.0 Å². The Labute approximate surface area is 220 Å². The van der Waals surface area contributed by atoms with Crippen molar-refractivity contribution < 1.29 is 8.42 Å². The molecular weight excluding hydrogens is 515 g/mol. The predicted molar refractivity (Wildman–Crippen MR) is 143 cm³/mol. The van der Waals surface area contributed by atoms with E-state index in [1.54, 1.807) is 30.3 Å². The minimum Gasteiger partial charge on any atom is -0.361 e. The Kier molecular flexibility index (Phi) is 7.07. The third-order valence-electron chi connectivity index (χ3n) is 6.49. The van der Waals surface area contributed by atoms with E-state index in [9.17, 15) is 13.7 Å². The molecule has 1 aromatic heterocycles. The van der Waals surface area contributed by atoms with Gasteiger partial charge in [0.25, 0.3) is 0 Å². The number of H-pyrrole nitrogens is 1. The maximum Gasteiger partial charge on any atom is 0.243 e. The van der Waals surface area contributed by atoms with Gasteiger partial charge in [-0.25, -0.2) is 8.42 Å². The average Bonchev–Trinajstić information content (AvgIpc) is 3.26. The van der Waals surface area contributed by atoms with Crippen LogP contribution in [0.1, 0.15) is 22.3 Å². The van der Waals surface area contributed by atoms with Crippen LogP contribution in [0.4, 0.5) is 0 Å². The summed E-state index contributed by atoms with van der Waals surface area (Å²) in [5, 5.41) is 15.0. The number of nitrogens with one attached hydrogen (secondary N) is 2. The Bertz CT molecular complexity index is 1560. The number of hydrogen-bond acceptors (Lipinski definition) is 4. The number of piperazine rings is 1. The maximum atomic E-state index is 13.9. The van der Waals surface area contributed by atoms with E-state index >= 15 is 0 Å². The SMILES string of the molecule is N#Cc1ccc(Cc2cc(Cl)cc(Cl)c2)c(S(=O)(=O)N2CCN[C@@H](Cc3c[nH]c4ccccc34)C2)c1. The van der Waals surface area contributed by atoms with E-state index in [4.69, 9.17) is 23.2 Å². The highest BCUT2D eigenvalue weighted by Gasteiger charge is 2.32. The molecule has 1 aliphatic heterocycles. The maximum absolute atomic E-state index is 13.9. The second kappa shape index (κ2) is 10.3. The number of hydrogen-bond donors (Lipinski definition) is 2. The molecule has 184 valence electrons. The van der Waals surface area contributed by atoms with Crippen molar-refractivity contribution in [1.82, 2.24) is 14.6 Å². The number of nitrogens with zero attached hydrogens (tertiary/aromatic N) is 2. The van der Waals surface area contributed by atoms with E-state index in [1.165, 1.54) is 10.4 Å². The van der Waals surface area contributed by atoms with Crippen LogP contribution in [0.2, 0.25) is 10.0 Å². The molecule has 6 nitrogen and oxygen atoms in total. The monoisotopic (exact) mass is 538 g/mol. The van der Waals surface area contributed by atoms with Crippen molar-refractivity contribution in [2.24, 2.45) is 0 Å². The number of sulfonamides is 1. The van der Waals surface area contributed by atoms with Crippen LogP contribution in [-0.4, -0.2) is 43.4 Å². The fourth-order valence-electron chi connectivity index (χ4n) is 4.80. The Morgan fingerprint density at radius 3 is 2.58 bits per heavy atom. The van der Waals surface area contributed by atoms with E-state index in [-0.39, 0.29) is 10.9 Å². The molecule has 2 heterocycles. The normalized spacial score (nSPS) is 16.8. The molecular formula is C27H24Cl2N4O2S. The van der Waals surface area contributed by atoms with Gasteiger partial charge in [0.2, 0.25) is 10.0 Å². The van der Waals surface area contributed by atoms with Crippen LogP contribution in [0.3, 0.4) is 0 Å². The molecule has 0 saturated carbocycles. The molecule has 4 aromatic rings. The van der Waals surface area contributed by atoms with Gasteiger partial charge >= 0.3 is 0 Å². The summed E-state index contributed by atoms with van der Waals surface area (Å²) in [7, 11) is -3.85. The van der Waals surface area contributed by atoms with Crippen molar-refractivity contribution >= 4 is 44.1 Å². The number of aromatic nitrogens is 1. The predicted octanol–water partition coefficient (Wildman–Crippen LogP) is 5.14. The zero-order valence-electron chi connectivity index (χ0n) is 19.3. The summed E-state index contributed by atoms with van der Waals surface area (Å²) in [4.78, 5) is 3.43. The van der Waals surface area contributed by atoms with Crippen LogP contribution in [-0.2, 0) is 22.9 Å². The first-order valence-electron chi connectivity index (χ1n) is 11.6. The first-order valence-corrected chi connectivity index (χ1v) is 13.8. The fraction of sp³-hybridized carbons (Fsp3) is 0.222. The second-order valence-electron chi connectivity index (χ2n) is 8.97. The van der Waals surface area contributed by atoms with E-state index < -0.39 is 10.0 Å². The van der Waals surface area contributed by atoms with Crippen molar-refractivity contribution in [1.29, 1.82) is 5.26 Å². The van der Waals surface area contributed by atoms with Crippen molar-refractivity contribution in [3.8, 4) is 6.07 Å². The number of rotatable bonds is 6. The smallest absolute Gasteiger partial charge is 0.243 e. The highest BCUT2D eigenvalue weighted by Crippen LogP contribution is 2.28. The lowest BCUT2D eigenvalue weighted by molar-refractivity contribution is 0.297. The Balaban J connectivity index is 1.43. The Morgan fingerprint density at radius 2 is 1.81 bits per heavy atom. The van der Waals surface area contributed by atoms with Crippen LogP contribution in [0.15, 0.2) is 71.8 Å². The largest absolute Gasteiger partial charge is 0.361 e. The van der Waals surface area contributed by atoms with Gasteiger partial charge in [-0.3, -0.25) is 0 Å². The van der Waals surface area contributed by atoms with Crippen molar-refractivity contribution in [3.05, 3.63) is 99.2 Å². The molecule has 0 radical (unpaired) electrons. The molecule has 3 aromatic carbocycles. The molecule has 1 aliphatic rings. The third kappa shape index (κ3) is 5.15. The van der Waals surface area contributed by atoms with Gasteiger partial charge in [0.05, 0.1) is 16.5 Å². The summed E-state index contributed by atoms with van der Waals surface area (Å²) >= 11 is 12.3. The average molecular weight is 539 g/mol. The van der Waals surface area contributed by atoms with Crippen LogP contribution in [0.25, 0.3) is 10.9 Å².